The second kappa shape index (κ2) is 5.04. The van der Waals surface area contributed by atoms with Gasteiger partial charge in [0.05, 0.1) is 6.10 Å². The van der Waals surface area contributed by atoms with Crippen molar-refractivity contribution >= 4 is 11.8 Å². The summed E-state index contributed by atoms with van der Waals surface area (Å²) in [6, 6.07) is 8.59. The first-order valence-corrected chi connectivity index (χ1v) is 6.95. The van der Waals surface area contributed by atoms with E-state index in [1.165, 1.54) is 11.1 Å². The van der Waals surface area contributed by atoms with E-state index in [1.807, 2.05) is 11.8 Å². The normalized spacial score (nSPS) is 20.5. The summed E-state index contributed by atoms with van der Waals surface area (Å²) in [5, 5.41) is 9.83. The van der Waals surface area contributed by atoms with Crippen LogP contribution in [0.15, 0.2) is 24.3 Å². The van der Waals surface area contributed by atoms with Crippen molar-refractivity contribution in [1.82, 2.24) is 0 Å². The van der Waals surface area contributed by atoms with Gasteiger partial charge in [-0.1, -0.05) is 24.3 Å². The number of hydrogen-bond acceptors (Lipinski definition) is 2. The Morgan fingerprint density at radius 1 is 1.47 bits per heavy atom. The van der Waals surface area contributed by atoms with Crippen molar-refractivity contribution in [3.05, 3.63) is 35.4 Å². The quantitative estimate of drug-likeness (QED) is 0.826. The molecule has 1 N–H and O–H groups in total. The second-order valence-corrected chi connectivity index (χ2v) is 5.26. The third kappa shape index (κ3) is 2.56. The largest absolute Gasteiger partial charge is 0.393 e. The molecule has 0 saturated heterocycles. The number of hydrogen-bond donors (Lipinski definition) is 1. The van der Waals surface area contributed by atoms with Crippen molar-refractivity contribution in [2.75, 3.05) is 12.0 Å². The van der Waals surface area contributed by atoms with Gasteiger partial charge in [0.1, 0.15) is 0 Å². The standard InChI is InChI=1S/C13H18OS/c1-15-7-6-12(14)9-11-8-10-4-2-3-5-13(10)11/h2-5,11-12,14H,6-9H2,1H3. The number of thioether (sulfide) groups is 1. The molecule has 0 amide bonds. The van der Waals surface area contributed by atoms with Gasteiger partial charge in [-0.05, 0) is 48.3 Å². The maximum Gasteiger partial charge on any atom is 0.0554 e. The monoisotopic (exact) mass is 222 g/mol. The van der Waals surface area contributed by atoms with Crippen LogP contribution in [0.1, 0.15) is 29.9 Å². The molecule has 0 saturated carbocycles. The summed E-state index contributed by atoms with van der Waals surface area (Å²) in [5.74, 6) is 1.67. The van der Waals surface area contributed by atoms with Crippen LogP contribution in [0.5, 0.6) is 0 Å². The molecule has 0 radical (unpaired) electrons. The van der Waals surface area contributed by atoms with Crippen molar-refractivity contribution in [2.45, 2.75) is 31.3 Å². The first-order chi connectivity index (χ1) is 7.31. The van der Waals surface area contributed by atoms with E-state index >= 15 is 0 Å². The van der Waals surface area contributed by atoms with Crippen molar-refractivity contribution in [3.63, 3.8) is 0 Å². The minimum Gasteiger partial charge on any atom is -0.393 e. The van der Waals surface area contributed by atoms with Crippen molar-refractivity contribution in [3.8, 4) is 0 Å². The zero-order valence-corrected chi connectivity index (χ0v) is 9.96. The van der Waals surface area contributed by atoms with Crippen LogP contribution in [-0.2, 0) is 6.42 Å². The summed E-state index contributed by atoms with van der Waals surface area (Å²) in [4.78, 5) is 0. The molecule has 0 bridgehead atoms. The minimum atomic E-state index is -0.115. The maximum atomic E-state index is 9.83. The zero-order chi connectivity index (χ0) is 10.7. The molecule has 82 valence electrons. The van der Waals surface area contributed by atoms with Gasteiger partial charge in [0.15, 0.2) is 0 Å². The number of aliphatic hydroxyl groups is 1. The Balaban J connectivity index is 1.84. The Morgan fingerprint density at radius 3 is 3.00 bits per heavy atom. The van der Waals surface area contributed by atoms with E-state index in [2.05, 4.69) is 30.5 Å². The fourth-order valence-corrected chi connectivity index (χ4v) is 2.78. The first kappa shape index (κ1) is 11.0. The molecular weight excluding hydrogens is 204 g/mol. The third-order valence-corrected chi connectivity index (χ3v) is 3.82. The highest BCUT2D eigenvalue weighted by molar-refractivity contribution is 7.98. The lowest BCUT2D eigenvalue weighted by Crippen LogP contribution is -2.22. The van der Waals surface area contributed by atoms with E-state index < -0.39 is 0 Å². The molecule has 1 nitrogen and oxygen atoms in total. The van der Waals surface area contributed by atoms with Crippen LogP contribution in [0.3, 0.4) is 0 Å². The summed E-state index contributed by atoms with van der Waals surface area (Å²) < 4.78 is 0. The van der Waals surface area contributed by atoms with Gasteiger partial charge in [-0.3, -0.25) is 0 Å². The van der Waals surface area contributed by atoms with Crippen molar-refractivity contribution in [1.29, 1.82) is 0 Å². The average molecular weight is 222 g/mol. The Morgan fingerprint density at radius 2 is 2.27 bits per heavy atom. The molecule has 2 heteroatoms. The van der Waals surface area contributed by atoms with Crippen LogP contribution in [0.4, 0.5) is 0 Å². The predicted molar refractivity (Wildman–Crippen MR) is 66.5 cm³/mol. The minimum absolute atomic E-state index is 0.115. The molecule has 0 spiro atoms. The molecule has 2 atom stereocenters. The molecule has 2 rings (SSSR count). The lowest BCUT2D eigenvalue weighted by atomic mass is 9.74. The summed E-state index contributed by atoms with van der Waals surface area (Å²) in [6.45, 7) is 0. The lowest BCUT2D eigenvalue weighted by Gasteiger charge is -2.31. The molecule has 1 aliphatic carbocycles. The van der Waals surface area contributed by atoms with Crippen LogP contribution in [-0.4, -0.2) is 23.2 Å². The van der Waals surface area contributed by atoms with E-state index in [1.54, 1.807) is 0 Å². The Bertz CT molecular complexity index is 324. The van der Waals surface area contributed by atoms with Crippen LogP contribution in [0.2, 0.25) is 0 Å². The lowest BCUT2D eigenvalue weighted by molar-refractivity contribution is 0.148. The Labute approximate surface area is 95.9 Å². The average Bonchev–Trinajstić information content (AvgIpc) is 2.23. The number of benzene rings is 1. The van der Waals surface area contributed by atoms with Crippen LogP contribution in [0, 0.1) is 0 Å². The van der Waals surface area contributed by atoms with Gasteiger partial charge in [-0.15, -0.1) is 0 Å². The van der Waals surface area contributed by atoms with E-state index in [9.17, 15) is 5.11 Å². The molecular formula is C13H18OS. The van der Waals surface area contributed by atoms with Crippen molar-refractivity contribution in [2.24, 2.45) is 0 Å². The highest BCUT2D eigenvalue weighted by atomic mass is 32.2. The smallest absolute Gasteiger partial charge is 0.0554 e. The zero-order valence-electron chi connectivity index (χ0n) is 9.15. The fourth-order valence-electron chi connectivity index (χ4n) is 2.27. The van der Waals surface area contributed by atoms with Crippen LogP contribution < -0.4 is 0 Å². The van der Waals surface area contributed by atoms with Gasteiger partial charge >= 0.3 is 0 Å². The molecule has 0 fully saturated rings. The summed E-state index contributed by atoms with van der Waals surface area (Å²) >= 11 is 1.81. The number of aliphatic hydroxyl groups excluding tert-OH is 1. The van der Waals surface area contributed by atoms with Gasteiger partial charge in [0, 0.05) is 0 Å². The van der Waals surface area contributed by atoms with Crippen LogP contribution in [0.25, 0.3) is 0 Å². The Hall–Kier alpha value is -0.470. The molecule has 0 heterocycles. The summed E-state index contributed by atoms with van der Waals surface area (Å²) in [7, 11) is 0. The van der Waals surface area contributed by atoms with Gasteiger partial charge < -0.3 is 5.11 Å². The van der Waals surface area contributed by atoms with Crippen LogP contribution >= 0.6 is 11.8 Å². The SMILES string of the molecule is CSCCC(O)CC1Cc2ccccc21. The third-order valence-electron chi connectivity index (χ3n) is 3.17. The van der Waals surface area contributed by atoms with E-state index in [4.69, 9.17) is 0 Å². The van der Waals surface area contributed by atoms with Gasteiger partial charge in [0.25, 0.3) is 0 Å². The van der Waals surface area contributed by atoms with E-state index in [0.29, 0.717) is 5.92 Å². The molecule has 1 aliphatic rings. The van der Waals surface area contributed by atoms with Gasteiger partial charge in [-0.2, -0.15) is 11.8 Å². The summed E-state index contributed by atoms with van der Waals surface area (Å²) in [6.07, 6.45) is 5.01. The van der Waals surface area contributed by atoms with Gasteiger partial charge in [0.2, 0.25) is 0 Å². The number of fused-ring (bicyclic) bond motifs is 1. The fraction of sp³-hybridized carbons (Fsp3) is 0.538. The molecule has 0 aliphatic heterocycles. The highest BCUT2D eigenvalue weighted by Crippen LogP contribution is 2.38. The van der Waals surface area contributed by atoms with E-state index in [0.717, 1.165) is 25.0 Å². The number of rotatable bonds is 5. The highest BCUT2D eigenvalue weighted by Gasteiger charge is 2.26. The van der Waals surface area contributed by atoms with E-state index in [-0.39, 0.29) is 6.10 Å². The topological polar surface area (TPSA) is 20.2 Å². The molecule has 15 heavy (non-hydrogen) atoms. The molecule has 2 unspecified atom stereocenters. The van der Waals surface area contributed by atoms with Crippen molar-refractivity contribution < 1.29 is 5.11 Å². The first-order valence-electron chi connectivity index (χ1n) is 5.56. The second-order valence-electron chi connectivity index (χ2n) is 4.27. The molecule has 1 aromatic carbocycles. The molecule has 0 aromatic heterocycles. The summed E-state index contributed by atoms with van der Waals surface area (Å²) in [5.41, 5.74) is 2.93. The Kier molecular flexibility index (Phi) is 3.71. The predicted octanol–water partition coefficient (Wildman–Crippen LogP) is 2.83. The maximum absolute atomic E-state index is 9.83. The molecule has 1 aromatic rings. The van der Waals surface area contributed by atoms with Gasteiger partial charge in [-0.25, -0.2) is 0 Å².